The molecular weight excluding hydrogens is 1540 g/mol. The van der Waals surface area contributed by atoms with E-state index in [1.165, 1.54) is 84.6 Å². The van der Waals surface area contributed by atoms with E-state index in [4.69, 9.17) is 72.7 Å². The fraction of sp³-hybridized carbons (Fsp3) is 0.177. The molecule has 28 heteroatoms. The molecule has 16 nitrogen and oxygen atoms in total. The summed E-state index contributed by atoms with van der Waals surface area (Å²) < 4.78 is 103. The SMILES string of the molecule is C.COCOCc1sc2c(F)cccc2c1-c1nc(Cl)ccc1OCc1ccc(OC)cc1.COc1ccc(C(=O)CCC(O)c2ccc3c(n2)-c2c(sc4c(F)cccc24)CO3)cc1OC.Cl.Fc1cccc2c3c(sc12)COc1ccc(Cl)nc1-3.OCc1sc2c(F)cccc2c1-c1nc(Cl)ccc1O. The Bertz CT molecular complexity index is 5570. The molecule has 0 fully saturated rings. The van der Waals surface area contributed by atoms with Gasteiger partial charge in [-0.05, 0) is 115 Å². The van der Waals surface area contributed by atoms with E-state index in [1.807, 2.05) is 42.5 Å². The van der Waals surface area contributed by atoms with E-state index in [2.05, 4.69) is 19.9 Å². The highest BCUT2D eigenvalue weighted by Crippen LogP contribution is 2.50. The highest BCUT2D eigenvalue weighted by Gasteiger charge is 2.29. The summed E-state index contributed by atoms with van der Waals surface area (Å²) in [5, 5.41) is 34.2. The van der Waals surface area contributed by atoms with Gasteiger partial charge in [-0.2, -0.15) is 0 Å². The Kier molecular flexibility index (Phi) is 25.9. The van der Waals surface area contributed by atoms with Crippen molar-refractivity contribution in [1.82, 2.24) is 19.9 Å². The average molecular weight is 1610 g/mol. The van der Waals surface area contributed by atoms with E-state index in [0.717, 1.165) is 70.1 Å². The number of nitrogens with zero attached hydrogens (tertiary/aromatic N) is 4. The molecule has 14 aromatic rings. The molecule has 0 amide bonds. The standard InChI is InChI=1S/C26H22FNO5S.C24H21ClFNO4S.C14H9ClFNO2S.C14H7ClFNOS.CH4.ClH/c1-31-20-10-6-14(12-22(20)32-2)18(29)8-9-19(30)17-7-11-21-25(28-17)24-15-4-3-5-16(27)26(15)34-23(24)13-33-21;1-28-14-30-13-20-22(17-4-3-5-18(26)24(17)32-20)23-19(10-11-21(25)27-23)31-12-15-6-8-16(29-2)9-7-15;15-11-5-4-9(19)13(17-11)12-7-2-1-3-8(16)14(7)20-10(12)6-18;15-11-5-4-9-13(17-11)12-7-2-1-3-8(16)14(7)19-10(12)6-18-9;;/h3-7,10-12,19,30H,8-9,13H2,1-2H3;3-11H,12-14H2,1-2H3;1-5,18-19H,6H2;1-5H,6H2;1H4;1H. The molecule has 0 spiro atoms. The number of hydrogen-bond donors (Lipinski definition) is 3. The van der Waals surface area contributed by atoms with Crippen LogP contribution in [-0.4, -0.2) is 76.3 Å². The summed E-state index contributed by atoms with van der Waals surface area (Å²) in [6, 6.07) is 45.6. The molecule has 6 aromatic carbocycles. The number of carbonyl (C=O) groups excluding carboxylic acids is 1. The lowest BCUT2D eigenvalue weighted by atomic mass is 10.0. The highest BCUT2D eigenvalue weighted by atomic mass is 35.5. The second kappa shape index (κ2) is 35.2. The summed E-state index contributed by atoms with van der Waals surface area (Å²) in [6.07, 6.45) is -0.614. The van der Waals surface area contributed by atoms with Crippen molar-refractivity contribution < 1.29 is 75.6 Å². The van der Waals surface area contributed by atoms with Crippen LogP contribution in [0.1, 0.15) is 67.5 Å². The Morgan fingerprint density at radius 3 is 1.57 bits per heavy atom. The molecule has 2 aliphatic heterocycles. The normalized spacial score (nSPS) is 11.9. The number of aromatic hydroxyl groups is 1. The molecule has 0 bridgehead atoms. The maximum Gasteiger partial charge on any atom is 0.163 e. The number of aliphatic hydroxyl groups is 2. The molecule has 107 heavy (non-hydrogen) atoms. The number of carbonyl (C=O) groups is 1. The minimum atomic E-state index is -0.943. The van der Waals surface area contributed by atoms with Crippen molar-refractivity contribution in [3.63, 3.8) is 0 Å². The number of pyridine rings is 4. The zero-order valence-electron chi connectivity index (χ0n) is 56.3. The zero-order chi connectivity index (χ0) is 73.6. The number of Topliss-reactive ketones (excluding diaryl/α,β-unsaturated/α-hetero) is 1. The lowest BCUT2D eigenvalue weighted by molar-refractivity contribution is -0.0380. The maximum absolute atomic E-state index is 14.6. The number of ketones is 1. The van der Waals surface area contributed by atoms with E-state index in [-0.39, 0.29) is 98.3 Å². The van der Waals surface area contributed by atoms with Crippen LogP contribution in [0.5, 0.6) is 40.2 Å². The van der Waals surface area contributed by atoms with Crippen molar-refractivity contribution in [1.29, 1.82) is 0 Å². The summed E-state index contributed by atoms with van der Waals surface area (Å²) >= 11 is 23.3. The van der Waals surface area contributed by atoms with Gasteiger partial charge in [0.25, 0.3) is 0 Å². The molecule has 0 saturated heterocycles. The topological polar surface area (TPSA) is 203 Å². The van der Waals surface area contributed by atoms with Gasteiger partial charge >= 0.3 is 0 Å². The Labute approximate surface area is 648 Å². The first kappa shape index (κ1) is 78.8. The van der Waals surface area contributed by atoms with Crippen LogP contribution in [0.15, 0.2) is 164 Å². The van der Waals surface area contributed by atoms with E-state index in [0.29, 0.717) is 122 Å². The van der Waals surface area contributed by atoms with E-state index in [1.54, 1.807) is 99.1 Å². The number of ether oxygens (including phenoxy) is 8. The Balaban J connectivity index is 0.000000145. The van der Waals surface area contributed by atoms with Gasteiger partial charge in [0, 0.05) is 72.6 Å². The highest BCUT2D eigenvalue weighted by molar-refractivity contribution is 7.21. The van der Waals surface area contributed by atoms with Gasteiger partial charge in [-0.15, -0.1) is 57.8 Å². The first-order chi connectivity index (χ1) is 50.9. The predicted octanol–water partition coefficient (Wildman–Crippen LogP) is 21.8. The van der Waals surface area contributed by atoms with Crippen molar-refractivity contribution in [2.24, 2.45) is 0 Å². The largest absolute Gasteiger partial charge is 0.506 e. The average Bonchev–Trinajstić information content (AvgIpc) is 1.65. The second-order valence-electron chi connectivity index (χ2n) is 23.3. The summed E-state index contributed by atoms with van der Waals surface area (Å²) in [4.78, 5) is 33.6. The van der Waals surface area contributed by atoms with Crippen LogP contribution in [0.25, 0.3) is 85.4 Å². The van der Waals surface area contributed by atoms with Gasteiger partial charge in [-0.1, -0.05) is 103 Å². The van der Waals surface area contributed by atoms with E-state index < -0.39 is 6.10 Å². The van der Waals surface area contributed by atoms with Gasteiger partial charge in [-0.3, -0.25) is 4.79 Å². The summed E-state index contributed by atoms with van der Waals surface area (Å²) in [5.41, 5.74) is 7.01. The quantitative estimate of drug-likeness (QED) is 0.0240. The molecule has 2 aliphatic rings. The van der Waals surface area contributed by atoms with E-state index in [9.17, 15) is 37.7 Å². The van der Waals surface area contributed by atoms with Gasteiger partial charge in [-0.25, -0.2) is 37.5 Å². The van der Waals surface area contributed by atoms with Crippen LogP contribution < -0.4 is 28.4 Å². The van der Waals surface area contributed by atoms with Crippen molar-refractivity contribution in [3.05, 3.63) is 239 Å². The Morgan fingerprint density at radius 2 is 1.02 bits per heavy atom. The lowest BCUT2D eigenvalue weighted by Crippen LogP contribution is -2.09. The monoisotopic (exact) mass is 1600 g/mol. The number of benzene rings is 6. The van der Waals surface area contributed by atoms with E-state index >= 15 is 0 Å². The number of hydrogen-bond acceptors (Lipinski definition) is 20. The van der Waals surface area contributed by atoms with Crippen molar-refractivity contribution in [3.8, 4) is 85.3 Å². The smallest absolute Gasteiger partial charge is 0.163 e. The number of halogens is 8. The van der Waals surface area contributed by atoms with Gasteiger partial charge in [0.05, 0.1) is 74.9 Å². The van der Waals surface area contributed by atoms with Crippen LogP contribution in [0.2, 0.25) is 15.5 Å². The Hall–Kier alpha value is -9.25. The van der Waals surface area contributed by atoms with Gasteiger partial charge in [0.1, 0.15) is 117 Å². The fourth-order valence-corrected chi connectivity index (χ4v) is 16.8. The Morgan fingerprint density at radius 1 is 0.533 bits per heavy atom. The van der Waals surface area contributed by atoms with Crippen LogP contribution in [0, 0.1) is 23.3 Å². The molecule has 552 valence electrons. The predicted molar refractivity (Wildman–Crippen MR) is 417 cm³/mol. The molecule has 10 heterocycles. The van der Waals surface area contributed by atoms with Crippen LogP contribution in [0.3, 0.4) is 0 Å². The van der Waals surface area contributed by atoms with Crippen molar-refractivity contribution in [2.75, 3.05) is 35.2 Å². The number of thiophene rings is 4. The van der Waals surface area contributed by atoms with Crippen LogP contribution in [-0.2, 0) is 42.5 Å². The molecule has 0 aliphatic carbocycles. The zero-order valence-corrected chi connectivity index (χ0v) is 62.7. The number of aromatic nitrogens is 4. The molecule has 3 N–H and O–H groups in total. The molecular formula is C79H64Cl4F4N4O12S4. The molecule has 0 radical (unpaired) electrons. The third kappa shape index (κ3) is 16.9. The molecule has 1 unspecified atom stereocenters. The molecule has 0 saturated carbocycles. The molecule has 1 atom stereocenters. The van der Waals surface area contributed by atoms with Crippen molar-refractivity contribution in [2.45, 2.75) is 59.4 Å². The first-order valence-corrected chi connectivity index (χ1v) is 36.5. The summed E-state index contributed by atoms with van der Waals surface area (Å²) in [5.74, 6) is 2.29. The van der Waals surface area contributed by atoms with Gasteiger partial charge in [0.2, 0.25) is 0 Å². The summed E-state index contributed by atoms with van der Waals surface area (Å²) in [7, 11) is 6.22. The molecule has 8 aromatic heterocycles. The van der Waals surface area contributed by atoms with Crippen LogP contribution >= 0.6 is 92.6 Å². The van der Waals surface area contributed by atoms with Crippen molar-refractivity contribution >= 4 is 139 Å². The number of methoxy groups -OCH3 is 4. The number of rotatable bonds is 18. The van der Waals surface area contributed by atoms with Gasteiger partial charge in [0.15, 0.2) is 17.3 Å². The summed E-state index contributed by atoms with van der Waals surface area (Å²) in [6.45, 7) is 1.23. The number of aliphatic hydroxyl groups excluding tert-OH is 2. The fourth-order valence-electron chi connectivity index (χ4n) is 11.9. The van der Waals surface area contributed by atoms with Crippen LogP contribution in [0.4, 0.5) is 17.6 Å². The number of fused-ring (bicyclic) bond motifs is 12. The third-order valence-electron chi connectivity index (χ3n) is 16.8. The minimum Gasteiger partial charge on any atom is -0.506 e. The maximum atomic E-state index is 14.6. The third-order valence-corrected chi connectivity index (χ3v) is 22.2. The first-order valence-electron chi connectivity index (χ1n) is 32.1. The lowest BCUT2D eigenvalue weighted by Gasteiger charge is -2.19. The minimum absolute atomic E-state index is 0. The molecule has 16 rings (SSSR count). The van der Waals surface area contributed by atoms with Gasteiger partial charge < -0.3 is 53.2 Å². The second-order valence-corrected chi connectivity index (χ2v) is 28.9.